The number of nitrogen functional groups attached to an aromatic ring is 1. The van der Waals surface area contributed by atoms with Gasteiger partial charge in [-0.25, -0.2) is 4.98 Å². The van der Waals surface area contributed by atoms with Crippen molar-refractivity contribution in [2.45, 2.75) is 6.18 Å². The van der Waals surface area contributed by atoms with Gasteiger partial charge in [0.05, 0.1) is 13.3 Å². The predicted octanol–water partition coefficient (Wildman–Crippen LogP) is 1.69. The van der Waals surface area contributed by atoms with Gasteiger partial charge >= 0.3 is 6.18 Å². The van der Waals surface area contributed by atoms with E-state index in [4.69, 9.17) is 5.73 Å². The molecule has 1 aromatic heterocycles. The van der Waals surface area contributed by atoms with Crippen molar-refractivity contribution in [3.63, 3.8) is 0 Å². The first-order valence-electron chi connectivity index (χ1n) is 3.32. The fourth-order valence-corrected chi connectivity index (χ4v) is 0.843. The molecule has 0 amide bonds. The van der Waals surface area contributed by atoms with Crippen LogP contribution < -0.4 is 10.5 Å². The molecule has 0 aliphatic carbocycles. The molecule has 0 aromatic carbocycles. The zero-order chi connectivity index (χ0) is 10.1. The van der Waals surface area contributed by atoms with Gasteiger partial charge in [0.15, 0.2) is 0 Å². The van der Waals surface area contributed by atoms with Gasteiger partial charge in [0.25, 0.3) is 0 Å². The van der Waals surface area contributed by atoms with Crippen LogP contribution in [0, 0.1) is 0 Å². The number of hydrogen-bond donors (Lipinski definition) is 1. The average Bonchev–Trinajstić information content (AvgIpc) is 2.03. The molecule has 0 unspecified atom stereocenters. The van der Waals surface area contributed by atoms with E-state index in [-0.39, 0.29) is 11.6 Å². The molecule has 0 saturated heterocycles. The maximum absolute atomic E-state index is 12.3. The molecule has 2 N–H and O–H groups in total. The summed E-state index contributed by atoms with van der Waals surface area (Å²) >= 11 is 0. The van der Waals surface area contributed by atoms with Crippen molar-refractivity contribution in [1.82, 2.24) is 4.98 Å². The SMILES string of the molecule is COc1cnc(N)cc1C(F)(F)F. The van der Waals surface area contributed by atoms with Gasteiger partial charge < -0.3 is 10.5 Å². The van der Waals surface area contributed by atoms with Crippen molar-refractivity contribution in [3.8, 4) is 5.75 Å². The zero-order valence-electron chi connectivity index (χ0n) is 6.72. The smallest absolute Gasteiger partial charge is 0.420 e. The first-order valence-corrected chi connectivity index (χ1v) is 3.32. The van der Waals surface area contributed by atoms with Crippen LogP contribution in [-0.2, 0) is 6.18 Å². The highest BCUT2D eigenvalue weighted by Crippen LogP contribution is 2.36. The third-order valence-corrected chi connectivity index (χ3v) is 1.41. The molecular formula is C7H7F3N2O. The summed E-state index contributed by atoms with van der Waals surface area (Å²) in [6, 6.07) is 0.735. The van der Waals surface area contributed by atoms with Crippen LogP contribution in [0.2, 0.25) is 0 Å². The van der Waals surface area contributed by atoms with Crippen molar-refractivity contribution in [3.05, 3.63) is 17.8 Å². The Morgan fingerprint density at radius 3 is 2.54 bits per heavy atom. The fraction of sp³-hybridized carbons (Fsp3) is 0.286. The van der Waals surface area contributed by atoms with Crippen LogP contribution in [0.3, 0.4) is 0 Å². The second kappa shape index (κ2) is 3.12. The van der Waals surface area contributed by atoms with Gasteiger partial charge in [-0.15, -0.1) is 0 Å². The highest BCUT2D eigenvalue weighted by molar-refractivity contribution is 5.42. The van der Waals surface area contributed by atoms with Gasteiger partial charge in [-0.05, 0) is 6.07 Å². The molecule has 3 nitrogen and oxygen atoms in total. The maximum Gasteiger partial charge on any atom is 0.420 e. The first-order chi connectivity index (χ1) is 5.95. The Hall–Kier alpha value is -1.46. The van der Waals surface area contributed by atoms with Gasteiger partial charge in [-0.1, -0.05) is 0 Å². The first kappa shape index (κ1) is 9.63. The summed E-state index contributed by atoms with van der Waals surface area (Å²) < 4.78 is 41.2. The highest BCUT2D eigenvalue weighted by atomic mass is 19.4. The molecule has 6 heteroatoms. The number of nitrogens with zero attached hydrogens (tertiary/aromatic N) is 1. The second-order valence-corrected chi connectivity index (χ2v) is 2.31. The molecular weight excluding hydrogens is 185 g/mol. The van der Waals surface area contributed by atoms with Gasteiger partial charge in [-0.2, -0.15) is 13.2 Å². The monoisotopic (exact) mass is 192 g/mol. The van der Waals surface area contributed by atoms with Gasteiger partial charge in [0.2, 0.25) is 0 Å². The quantitative estimate of drug-likeness (QED) is 0.736. The number of hydrogen-bond acceptors (Lipinski definition) is 3. The lowest BCUT2D eigenvalue weighted by atomic mass is 10.2. The van der Waals surface area contributed by atoms with Crippen LogP contribution in [0.15, 0.2) is 12.3 Å². The largest absolute Gasteiger partial charge is 0.494 e. The van der Waals surface area contributed by atoms with Crippen LogP contribution in [-0.4, -0.2) is 12.1 Å². The summed E-state index contributed by atoms with van der Waals surface area (Å²) in [7, 11) is 1.14. The minimum Gasteiger partial charge on any atom is -0.494 e. The Morgan fingerprint density at radius 2 is 2.08 bits per heavy atom. The lowest BCUT2D eigenvalue weighted by Gasteiger charge is -2.11. The molecule has 72 valence electrons. The minimum atomic E-state index is -4.47. The predicted molar refractivity (Wildman–Crippen MR) is 40.2 cm³/mol. The number of nitrogens with two attached hydrogens (primary N) is 1. The topological polar surface area (TPSA) is 48.1 Å². The van der Waals surface area contributed by atoms with Crippen LogP contribution in [0.1, 0.15) is 5.56 Å². The molecule has 0 saturated carbocycles. The van der Waals surface area contributed by atoms with Crippen molar-refractivity contribution < 1.29 is 17.9 Å². The second-order valence-electron chi connectivity index (χ2n) is 2.31. The number of pyridine rings is 1. The summed E-state index contributed by atoms with van der Waals surface area (Å²) in [5, 5.41) is 0. The lowest BCUT2D eigenvalue weighted by molar-refractivity contribution is -0.138. The summed E-state index contributed by atoms with van der Waals surface area (Å²) in [4.78, 5) is 3.48. The molecule has 1 aromatic rings. The molecule has 0 aliphatic rings. The van der Waals surface area contributed by atoms with Crippen molar-refractivity contribution in [2.75, 3.05) is 12.8 Å². The Labute approximate surface area is 72.3 Å². The van der Waals surface area contributed by atoms with Gasteiger partial charge in [0.1, 0.15) is 17.1 Å². The summed E-state index contributed by atoms with van der Waals surface area (Å²) in [5.41, 5.74) is 4.20. The van der Waals surface area contributed by atoms with E-state index < -0.39 is 11.7 Å². The Bertz CT molecular complexity index is 311. The Balaban J connectivity index is 3.24. The molecule has 13 heavy (non-hydrogen) atoms. The average molecular weight is 192 g/mol. The molecule has 0 atom stereocenters. The minimum absolute atomic E-state index is 0.187. The number of aromatic nitrogens is 1. The molecule has 0 radical (unpaired) electrons. The lowest BCUT2D eigenvalue weighted by Crippen LogP contribution is -2.09. The molecule has 0 bridgehead atoms. The molecule has 0 fully saturated rings. The summed E-state index contributed by atoms with van der Waals surface area (Å²) in [6.07, 6.45) is -3.53. The van der Waals surface area contributed by atoms with Crippen molar-refractivity contribution >= 4 is 5.82 Å². The van der Waals surface area contributed by atoms with Crippen molar-refractivity contribution in [1.29, 1.82) is 0 Å². The zero-order valence-corrected chi connectivity index (χ0v) is 6.72. The third kappa shape index (κ3) is 2.01. The summed E-state index contributed by atoms with van der Waals surface area (Å²) in [6.45, 7) is 0. The van der Waals surface area contributed by atoms with E-state index in [0.29, 0.717) is 0 Å². The van der Waals surface area contributed by atoms with Gasteiger partial charge in [0, 0.05) is 0 Å². The van der Waals surface area contributed by atoms with E-state index >= 15 is 0 Å². The molecule has 0 spiro atoms. The standard InChI is InChI=1S/C7H7F3N2O/c1-13-5-3-12-6(11)2-4(5)7(8,9)10/h2-3H,1H3,(H2,11,12). The van der Waals surface area contributed by atoms with E-state index in [1.54, 1.807) is 0 Å². The molecule has 1 rings (SSSR count). The summed E-state index contributed by atoms with van der Waals surface area (Å²) in [5.74, 6) is -0.519. The van der Waals surface area contributed by atoms with Crippen LogP contribution in [0.25, 0.3) is 0 Å². The van der Waals surface area contributed by atoms with Crippen LogP contribution >= 0.6 is 0 Å². The van der Waals surface area contributed by atoms with E-state index in [2.05, 4.69) is 9.72 Å². The van der Waals surface area contributed by atoms with Crippen LogP contribution in [0.5, 0.6) is 5.75 Å². The number of methoxy groups -OCH3 is 1. The normalized spacial score (nSPS) is 11.4. The number of halogens is 3. The van der Waals surface area contributed by atoms with E-state index in [9.17, 15) is 13.2 Å². The molecule has 1 heterocycles. The third-order valence-electron chi connectivity index (χ3n) is 1.41. The Morgan fingerprint density at radius 1 is 1.46 bits per heavy atom. The van der Waals surface area contributed by atoms with Crippen LogP contribution in [0.4, 0.5) is 19.0 Å². The maximum atomic E-state index is 12.3. The molecule has 0 aliphatic heterocycles. The van der Waals surface area contributed by atoms with E-state index in [0.717, 1.165) is 19.4 Å². The van der Waals surface area contributed by atoms with Crippen molar-refractivity contribution in [2.24, 2.45) is 0 Å². The highest BCUT2D eigenvalue weighted by Gasteiger charge is 2.34. The van der Waals surface area contributed by atoms with Gasteiger partial charge in [-0.3, -0.25) is 0 Å². The number of rotatable bonds is 1. The fourth-order valence-electron chi connectivity index (χ4n) is 0.843. The van der Waals surface area contributed by atoms with E-state index in [1.165, 1.54) is 0 Å². The number of ether oxygens (including phenoxy) is 1. The van der Waals surface area contributed by atoms with E-state index in [1.807, 2.05) is 0 Å². The number of anilines is 1. The Kier molecular flexibility index (Phi) is 2.31. The number of alkyl halides is 3.